The fourth-order valence-electron chi connectivity index (χ4n) is 3.92. The number of carbonyl (C=O) groups is 3. The maximum atomic E-state index is 12.9. The number of esters is 1. The van der Waals surface area contributed by atoms with Gasteiger partial charge in [-0.3, -0.25) is 14.5 Å². The topological polar surface area (TPSA) is 80.1 Å². The lowest BCUT2D eigenvalue weighted by Crippen LogP contribution is -2.34. The molecule has 1 saturated heterocycles. The van der Waals surface area contributed by atoms with E-state index in [1.165, 1.54) is 11.8 Å². The van der Waals surface area contributed by atoms with E-state index in [9.17, 15) is 14.4 Å². The van der Waals surface area contributed by atoms with Crippen LogP contribution in [0.1, 0.15) is 35.5 Å². The predicted molar refractivity (Wildman–Crippen MR) is 151 cm³/mol. The molecular weight excluding hydrogens is 520 g/mol. The number of nitrogens with zero attached hydrogens (tertiary/aromatic N) is 2. The number of hydrogen-bond acceptors (Lipinski definition) is 7. The molecule has 1 fully saturated rings. The molecule has 2 aromatic carbocycles. The Kier molecular flexibility index (Phi) is 9.15. The number of furan rings is 1. The summed E-state index contributed by atoms with van der Waals surface area (Å²) in [5.74, 6) is 0.466. The first kappa shape index (κ1) is 27.3. The Balaban J connectivity index is 1.34. The summed E-state index contributed by atoms with van der Waals surface area (Å²) in [6.07, 6.45) is 2.28. The Morgan fingerprint density at radius 2 is 1.74 bits per heavy atom. The van der Waals surface area contributed by atoms with Crippen molar-refractivity contribution >= 4 is 46.1 Å². The average Bonchev–Trinajstić information content (AvgIpc) is 3.52. The molecule has 4 rings (SSSR count). The van der Waals surface area contributed by atoms with Crippen molar-refractivity contribution in [1.82, 2.24) is 9.80 Å². The van der Waals surface area contributed by atoms with Gasteiger partial charge in [0.25, 0.3) is 11.8 Å². The van der Waals surface area contributed by atoms with E-state index < -0.39 is 5.97 Å². The van der Waals surface area contributed by atoms with Crippen LogP contribution in [0, 0.1) is 0 Å². The van der Waals surface area contributed by atoms with E-state index in [1.807, 2.05) is 62.4 Å². The van der Waals surface area contributed by atoms with Crippen LogP contribution < -0.4 is 0 Å². The number of rotatable bonds is 10. The summed E-state index contributed by atoms with van der Waals surface area (Å²) < 4.78 is 11.7. The van der Waals surface area contributed by atoms with Crippen molar-refractivity contribution in [3.05, 3.63) is 94.6 Å². The normalized spacial score (nSPS) is 14.3. The van der Waals surface area contributed by atoms with E-state index in [1.54, 1.807) is 34.1 Å². The summed E-state index contributed by atoms with van der Waals surface area (Å²) in [7, 11) is 0. The largest absolute Gasteiger partial charge is 0.461 e. The molecule has 2 amide bonds. The summed E-state index contributed by atoms with van der Waals surface area (Å²) in [5.41, 5.74) is 2.17. The van der Waals surface area contributed by atoms with Crippen LogP contribution in [0.25, 0.3) is 11.3 Å². The zero-order chi connectivity index (χ0) is 27.1. The Morgan fingerprint density at radius 1 is 1.03 bits per heavy atom. The SMILES string of the molecule is CCN(CC)C(=O)COC(=O)c1ccc(-c2ccc(C/C=C3/SC(=S)N(Cc4ccccc4)C3=O)o2)cc1. The highest BCUT2D eigenvalue weighted by atomic mass is 32.2. The van der Waals surface area contributed by atoms with E-state index >= 15 is 0 Å². The molecule has 9 heteroatoms. The van der Waals surface area contributed by atoms with E-state index in [-0.39, 0.29) is 18.4 Å². The maximum absolute atomic E-state index is 12.9. The standard InChI is InChI=1S/C29H28N2O5S2/c1-3-30(4-2)26(32)19-35-28(34)22-12-10-21(11-13-22)24-16-14-23(36-24)15-17-25-27(33)31(29(37)38-25)18-20-8-6-5-7-9-20/h5-14,16-17H,3-4,15,18-19H2,1-2H3/b25-17+. The van der Waals surface area contributed by atoms with Gasteiger partial charge in [0, 0.05) is 25.1 Å². The van der Waals surface area contributed by atoms with Gasteiger partial charge in [0.05, 0.1) is 17.0 Å². The van der Waals surface area contributed by atoms with E-state index in [0.29, 0.717) is 52.4 Å². The van der Waals surface area contributed by atoms with Gasteiger partial charge in [-0.15, -0.1) is 0 Å². The van der Waals surface area contributed by atoms with Gasteiger partial charge in [0.15, 0.2) is 6.61 Å². The highest BCUT2D eigenvalue weighted by molar-refractivity contribution is 8.26. The molecule has 1 aliphatic rings. The van der Waals surface area contributed by atoms with Crippen LogP contribution in [0.2, 0.25) is 0 Å². The smallest absolute Gasteiger partial charge is 0.338 e. The Bertz CT molecular complexity index is 1340. The summed E-state index contributed by atoms with van der Waals surface area (Å²) >= 11 is 6.72. The van der Waals surface area contributed by atoms with Gasteiger partial charge in [0.2, 0.25) is 0 Å². The molecule has 0 atom stereocenters. The minimum absolute atomic E-state index is 0.100. The van der Waals surface area contributed by atoms with Crippen LogP contribution in [0.3, 0.4) is 0 Å². The third kappa shape index (κ3) is 6.59. The lowest BCUT2D eigenvalue weighted by Gasteiger charge is -2.18. The van der Waals surface area contributed by atoms with Gasteiger partial charge < -0.3 is 14.1 Å². The summed E-state index contributed by atoms with van der Waals surface area (Å²) in [4.78, 5) is 41.0. The van der Waals surface area contributed by atoms with Crippen molar-refractivity contribution in [1.29, 1.82) is 0 Å². The number of allylic oxidation sites excluding steroid dienone is 1. The van der Waals surface area contributed by atoms with Crippen LogP contribution in [0.4, 0.5) is 0 Å². The second-order valence-electron chi connectivity index (χ2n) is 8.50. The lowest BCUT2D eigenvalue weighted by atomic mass is 10.1. The summed E-state index contributed by atoms with van der Waals surface area (Å²) in [6, 6.07) is 20.3. The van der Waals surface area contributed by atoms with Crippen molar-refractivity contribution in [2.75, 3.05) is 19.7 Å². The molecule has 38 heavy (non-hydrogen) atoms. The number of likely N-dealkylation sites (N-methyl/N-ethyl adjacent to an activating group) is 1. The van der Waals surface area contributed by atoms with Crippen LogP contribution in [-0.4, -0.2) is 51.6 Å². The van der Waals surface area contributed by atoms with Crippen molar-refractivity contribution in [2.45, 2.75) is 26.8 Å². The highest BCUT2D eigenvalue weighted by Gasteiger charge is 2.31. The first-order valence-corrected chi connectivity index (χ1v) is 13.5. The maximum Gasteiger partial charge on any atom is 0.338 e. The van der Waals surface area contributed by atoms with Gasteiger partial charge in [-0.05, 0) is 43.7 Å². The van der Waals surface area contributed by atoms with Gasteiger partial charge in [-0.25, -0.2) is 4.79 Å². The zero-order valence-electron chi connectivity index (χ0n) is 21.2. The zero-order valence-corrected chi connectivity index (χ0v) is 22.8. The Morgan fingerprint density at radius 3 is 2.42 bits per heavy atom. The monoisotopic (exact) mass is 548 g/mol. The fraction of sp³-hybridized carbons (Fsp3) is 0.241. The number of thiocarbonyl (C=S) groups is 1. The number of benzene rings is 2. The highest BCUT2D eigenvalue weighted by Crippen LogP contribution is 2.33. The van der Waals surface area contributed by atoms with Gasteiger partial charge in [-0.1, -0.05) is 72.5 Å². The predicted octanol–water partition coefficient (Wildman–Crippen LogP) is 5.46. The molecule has 0 bridgehead atoms. The molecule has 0 N–H and O–H groups in total. The number of hydrogen-bond donors (Lipinski definition) is 0. The van der Waals surface area contributed by atoms with E-state index in [4.69, 9.17) is 21.4 Å². The third-order valence-electron chi connectivity index (χ3n) is 6.06. The number of ether oxygens (including phenoxy) is 1. The van der Waals surface area contributed by atoms with Gasteiger partial charge in [0.1, 0.15) is 15.8 Å². The lowest BCUT2D eigenvalue weighted by molar-refractivity contribution is -0.134. The van der Waals surface area contributed by atoms with Crippen molar-refractivity contribution in [3.63, 3.8) is 0 Å². The van der Waals surface area contributed by atoms with Crippen molar-refractivity contribution < 1.29 is 23.5 Å². The van der Waals surface area contributed by atoms with E-state index in [0.717, 1.165) is 11.1 Å². The molecule has 2 heterocycles. The van der Waals surface area contributed by atoms with E-state index in [2.05, 4.69) is 0 Å². The molecule has 0 aliphatic carbocycles. The van der Waals surface area contributed by atoms with Crippen molar-refractivity contribution in [2.24, 2.45) is 0 Å². The number of thioether (sulfide) groups is 1. The Labute approximate surface area is 231 Å². The van der Waals surface area contributed by atoms with Crippen LogP contribution >= 0.6 is 24.0 Å². The number of amides is 2. The molecule has 0 radical (unpaired) electrons. The molecule has 7 nitrogen and oxygen atoms in total. The van der Waals surface area contributed by atoms with Gasteiger partial charge >= 0.3 is 5.97 Å². The summed E-state index contributed by atoms with van der Waals surface area (Å²) in [6.45, 7) is 5.06. The fourth-order valence-corrected chi connectivity index (χ4v) is 5.15. The first-order valence-electron chi connectivity index (χ1n) is 12.3. The molecule has 1 aromatic heterocycles. The molecule has 3 aromatic rings. The van der Waals surface area contributed by atoms with Crippen molar-refractivity contribution in [3.8, 4) is 11.3 Å². The molecular formula is C29H28N2O5S2. The number of carbonyl (C=O) groups excluding carboxylic acids is 3. The molecule has 0 spiro atoms. The van der Waals surface area contributed by atoms with Crippen LogP contribution in [0.5, 0.6) is 0 Å². The van der Waals surface area contributed by atoms with Gasteiger partial charge in [-0.2, -0.15) is 0 Å². The second kappa shape index (κ2) is 12.7. The minimum Gasteiger partial charge on any atom is -0.461 e. The third-order valence-corrected chi connectivity index (χ3v) is 7.48. The Hall–Kier alpha value is -3.69. The molecule has 196 valence electrons. The quantitative estimate of drug-likeness (QED) is 0.189. The molecule has 0 saturated carbocycles. The summed E-state index contributed by atoms with van der Waals surface area (Å²) in [5, 5.41) is 0. The average molecular weight is 549 g/mol. The van der Waals surface area contributed by atoms with Crippen LogP contribution in [0.15, 0.2) is 82.1 Å². The first-order chi connectivity index (χ1) is 18.4. The second-order valence-corrected chi connectivity index (χ2v) is 10.2. The van der Waals surface area contributed by atoms with Crippen LogP contribution in [-0.2, 0) is 27.3 Å². The molecule has 1 aliphatic heterocycles. The molecule has 0 unspecified atom stereocenters. The minimum atomic E-state index is -0.554.